The Bertz CT molecular complexity index is 1720. The lowest BCUT2D eigenvalue weighted by Gasteiger charge is -2.11. The van der Waals surface area contributed by atoms with Crippen LogP contribution in [-0.2, 0) is 0 Å². The topological polar surface area (TPSA) is 25.8 Å². The van der Waals surface area contributed by atoms with Gasteiger partial charge in [0.2, 0.25) is 0 Å². The van der Waals surface area contributed by atoms with Gasteiger partial charge < -0.3 is 0 Å². The monoisotopic (exact) mass is 536 g/mol. The molecule has 0 aliphatic carbocycles. The summed E-state index contributed by atoms with van der Waals surface area (Å²) in [6, 6.07) is 26.3. The molecule has 7 rings (SSSR count). The highest BCUT2D eigenvalue weighted by molar-refractivity contribution is 7.24. The molecule has 5 aromatic heterocycles. The third-order valence-electron chi connectivity index (χ3n) is 6.48. The molecule has 0 radical (unpaired) electrons. The lowest BCUT2D eigenvalue weighted by Crippen LogP contribution is -1.94. The average molecular weight is 537 g/mol. The summed E-state index contributed by atoms with van der Waals surface area (Å²) >= 11 is 7.20. The van der Waals surface area contributed by atoms with E-state index in [1.807, 2.05) is 22.7 Å². The minimum absolute atomic E-state index is 0.949. The Morgan fingerprint density at radius 1 is 0.500 bits per heavy atom. The van der Waals surface area contributed by atoms with Gasteiger partial charge >= 0.3 is 0 Å². The maximum absolute atomic E-state index is 5.22. The Labute approximate surface area is 225 Å². The van der Waals surface area contributed by atoms with Gasteiger partial charge in [0.15, 0.2) is 0 Å². The normalized spacial score (nSPS) is 11.6. The first kappa shape index (κ1) is 22.1. The lowest BCUT2D eigenvalue weighted by molar-refractivity contribution is 1.32. The number of aromatic nitrogens is 2. The SMILES string of the molecule is Cc1cc2nc3c(-c4ccc(-c5cccs5)s4)ccc(-c4ccc(-c5cccs5)s4)c3nc2cc1C. The summed E-state index contributed by atoms with van der Waals surface area (Å²) in [4.78, 5) is 18.1. The van der Waals surface area contributed by atoms with Crippen LogP contribution in [0.2, 0.25) is 0 Å². The van der Waals surface area contributed by atoms with Gasteiger partial charge in [0, 0.05) is 40.4 Å². The highest BCUT2D eigenvalue weighted by atomic mass is 32.1. The molecule has 0 unspecified atom stereocenters. The predicted molar refractivity (Wildman–Crippen MR) is 160 cm³/mol. The molecule has 0 aliphatic rings. The Kier molecular flexibility index (Phi) is 5.36. The van der Waals surface area contributed by atoms with Crippen molar-refractivity contribution in [3.8, 4) is 40.4 Å². The van der Waals surface area contributed by atoms with Crippen LogP contribution in [0.4, 0.5) is 0 Å². The van der Waals surface area contributed by atoms with Crippen LogP contribution in [0.1, 0.15) is 11.1 Å². The third-order valence-corrected chi connectivity index (χ3v) is 10.8. The molecule has 0 bridgehead atoms. The molecule has 2 nitrogen and oxygen atoms in total. The molecule has 0 saturated heterocycles. The summed E-state index contributed by atoms with van der Waals surface area (Å²) in [7, 11) is 0. The van der Waals surface area contributed by atoms with E-state index in [1.165, 1.54) is 40.4 Å². The van der Waals surface area contributed by atoms with E-state index in [4.69, 9.17) is 9.97 Å². The van der Waals surface area contributed by atoms with Crippen molar-refractivity contribution in [2.24, 2.45) is 0 Å². The molecule has 0 fully saturated rings. The van der Waals surface area contributed by atoms with Crippen molar-refractivity contribution in [3.05, 3.63) is 94.7 Å². The van der Waals surface area contributed by atoms with Crippen molar-refractivity contribution in [3.63, 3.8) is 0 Å². The molecule has 0 aliphatic heterocycles. The fourth-order valence-electron chi connectivity index (χ4n) is 4.48. The van der Waals surface area contributed by atoms with Crippen LogP contribution in [0, 0.1) is 13.8 Å². The van der Waals surface area contributed by atoms with Crippen LogP contribution >= 0.6 is 45.3 Å². The fourth-order valence-corrected chi connectivity index (χ4v) is 8.21. The summed E-state index contributed by atoms with van der Waals surface area (Å²) in [5.74, 6) is 0. The van der Waals surface area contributed by atoms with Crippen molar-refractivity contribution in [2.75, 3.05) is 0 Å². The molecule has 0 spiro atoms. The van der Waals surface area contributed by atoms with Crippen molar-refractivity contribution < 1.29 is 0 Å². The minimum atomic E-state index is 0.949. The predicted octanol–water partition coefficient (Wildman–Crippen LogP) is 10.3. The second kappa shape index (κ2) is 8.75. The Morgan fingerprint density at radius 2 is 0.944 bits per heavy atom. The van der Waals surface area contributed by atoms with Gasteiger partial charge in [-0.25, -0.2) is 9.97 Å². The van der Waals surface area contributed by atoms with Crippen molar-refractivity contribution >= 4 is 67.4 Å². The van der Waals surface area contributed by atoms with Gasteiger partial charge in [-0.2, -0.15) is 0 Å². The van der Waals surface area contributed by atoms with E-state index >= 15 is 0 Å². The number of fused-ring (bicyclic) bond motifs is 2. The largest absolute Gasteiger partial charge is 0.244 e. The van der Waals surface area contributed by atoms with E-state index in [9.17, 15) is 0 Å². The van der Waals surface area contributed by atoms with Gasteiger partial charge in [-0.3, -0.25) is 0 Å². The molecule has 2 aromatic carbocycles. The smallest absolute Gasteiger partial charge is 0.0987 e. The van der Waals surface area contributed by atoms with E-state index in [2.05, 4.69) is 97.4 Å². The number of hydrogen-bond donors (Lipinski definition) is 0. The van der Waals surface area contributed by atoms with Crippen molar-refractivity contribution in [1.29, 1.82) is 0 Å². The zero-order valence-corrected chi connectivity index (χ0v) is 22.9. The zero-order chi connectivity index (χ0) is 24.2. The number of rotatable bonds is 4. The molecule has 0 N–H and O–H groups in total. The minimum Gasteiger partial charge on any atom is -0.244 e. The Morgan fingerprint density at radius 3 is 1.36 bits per heavy atom. The molecular formula is C30H20N2S4. The number of benzene rings is 2. The molecule has 174 valence electrons. The maximum Gasteiger partial charge on any atom is 0.0987 e. The maximum atomic E-state index is 5.22. The quantitative estimate of drug-likeness (QED) is 0.209. The van der Waals surface area contributed by atoms with E-state index in [0.717, 1.165) is 33.2 Å². The lowest BCUT2D eigenvalue weighted by atomic mass is 10.0. The molecule has 36 heavy (non-hydrogen) atoms. The molecule has 0 saturated carbocycles. The molecule has 6 heteroatoms. The highest BCUT2D eigenvalue weighted by Gasteiger charge is 2.17. The Balaban J connectivity index is 1.46. The zero-order valence-electron chi connectivity index (χ0n) is 19.6. The second-order valence-corrected chi connectivity index (χ2v) is 12.9. The van der Waals surface area contributed by atoms with Gasteiger partial charge in [0.1, 0.15) is 0 Å². The summed E-state index contributed by atoms with van der Waals surface area (Å²) in [6.45, 7) is 4.28. The van der Waals surface area contributed by atoms with Crippen LogP contribution in [0.15, 0.2) is 83.6 Å². The summed E-state index contributed by atoms with van der Waals surface area (Å²) < 4.78 is 0. The average Bonchev–Trinajstić information content (AvgIpc) is 3.69. The van der Waals surface area contributed by atoms with E-state index in [-0.39, 0.29) is 0 Å². The first-order valence-corrected chi connectivity index (χ1v) is 15.0. The van der Waals surface area contributed by atoms with E-state index in [0.29, 0.717) is 0 Å². The third kappa shape index (κ3) is 3.73. The number of thiophene rings is 4. The molecule has 5 heterocycles. The van der Waals surface area contributed by atoms with Gasteiger partial charge in [-0.15, -0.1) is 45.3 Å². The van der Waals surface area contributed by atoms with E-state index in [1.54, 1.807) is 22.7 Å². The standard InChI is InChI=1S/C30H20N2S4/c1-17-15-21-22(16-18(17)2)32-30-20(24-10-12-28(36-24)26-6-4-14-34-26)8-7-19(29(30)31-21)23-9-11-27(35-23)25-5-3-13-33-25/h3-16H,1-2H3. The van der Waals surface area contributed by atoms with Gasteiger partial charge in [-0.05, 0) is 84.3 Å². The van der Waals surface area contributed by atoms with Gasteiger partial charge in [-0.1, -0.05) is 24.3 Å². The highest BCUT2D eigenvalue weighted by Crippen LogP contribution is 2.43. The van der Waals surface area contributed by atoms with E-state index < -0.39 is 0 Å². The van der Waals surface area contributed by atoms with Crippen LogP contribution < -0.4 is 0 Å². The van der Waals surface area contributed by atoms with Crippen LogP contribution in [-0.4, -0.2) is 9.97 Å². The summed E-state index contributed by atoms with van der Waals surface area (Å²) in [5, 5.41) is 4.26. The first-order valence-electron chi connectivity index (χ1n) is 11.6. The van der Waals surface area contributed by atoms with Gasteiger partial charge in [0.05, 0.1) is 22.1 Å². The van der Waals surface area contributed by atoms with Crippen molar-refractivity contribution in [2.45, 2.75) is 13.8 Å². The van der Waals surface area contributed by atoms with Crippen molar-refractivity contribution in [1.82, 2.24) is 9.97 Å². The molecule has 0 atom stereocenters. The number of aryl methyl sites for hydroxylation is 2. The van der Waals surface area contributed by atoms with Crippen LogP contribution in [0.5, 0.6) is 0 Å². The molecule has 0 amide bonds. The molecule has 7 aromatic rings. The molecular weight excluding hydrogens is 517 g/mol. The number of nitrogens with zero attached hydrogens (tertiary/aromatic N) is 2. The summed E-state index contributed by atoms with van der Waals surface area (Å²) in [5.41, 5.74) is 8.60. The fraction of sp³-hybridized carbons (Fsp3) is 0.0667. The van der Waals surface area contributed by atoms with Crippen LogP contribution in [0.25, 0.3) is 62.5 Å². The van der Waals surface area contributed by atoms with Crippen LogP contribution in [0.3, 0.4) is 0 Å². The second-order valence-electron chi connectivity index (χ2n) is 8.79. The van der Waals surface area contributed by atoms with Gasteiger partial charge in [0.25, 0.3) is 0 Å². The number of hydrogen-bond acceptors (Lipinski definition) is 6. The summed E-state index contributed by atoms with van der Waals surface area (Å²) in [6.07, 6.45) is 0. The first-order chi connectivity index (χ1) is 17.6. The Hall–Kier alpha value is -3.16.